The number of aryl methyl sites for hydroxylation is 14. The smallest absolute Gasteiger partial charge is 0.227 e. The van der Waals surface area contributed by atoms with Gasteiger partial charge in [0.2, 0.25) is 45.6 Å². The maximum atomic E-state index is 6.30. The number of nitrogens with zero attached hydrogens (tertiary/aromatic N) is 8. The molecule has 0 saturated carbocycles. The first-order valence-corrected chi connectivity index (χ1v) is 34.1. The van der Waals surface area contributed by atoms with Crippen molar-refractivity contribution in [2.45, 2.75) is 116 Å². The number of benzene rings is 4. The molecule has 98 heavy (non-hydrogen) atoms. The lowest BCUT2D eigenvalue weighted by molar-refractivity contribution is -0.660. The number of aromatic nitrogens is 8. The Morgan fingerprint density at radius 3 is 0.939 bits per heavy atom. The van der Waals surface area contributed by atoms with Gasteiger partial charge in [0, 0.05) is 112 Å². The van der Waals surface area contributed by atoms with Crippen LogP contribution in [0.1, 0.15) is 108 Å². The fraction of sp³-hybridized carbons (Fsp3) is 0.256. The molecule has 0 aliphatic carbocycles. The molecule has 12 nitrogen and oxygen atoms in total. The third kappa shape index (κ3) is 12.6. The third-order valence-corrected chi connectivity index (χ3v) is 18.9. The van der Waals surface area contributed by atoms with Crippen molar-refractivity contribution in [3.8, 4) is 45.0 Å². The van der Waals surface area contributed by atoms with Gasteiger partial charge < -0.3 is 17.7 Å². The largest absolute Gasteiger partial charge is 0.437 e. The second-order valence-electron chi connectivity index (χ2n) is 27.6. The zero-order valence-electron chi connectivity index (χ0n) is 59.9. The number of rotatable bonds is 8. The first kappa shape index (κ1) is 65.9. The minimum atomic E-state index is 0.383. The predicted molar refractivity (Wildman–Crippen MR) is 397 cm³/mol. The van der Waals surface area contributed by atoms with E-state index < -0.39 is 0 Å². The number of pyridine rings is 8. The van der Waals surface area contributed by atoms with Gasteiger partial charge in [-0.25, -0.2) is 38.2 Å². The van der Waals surface area contributed by atoms with Gasteiger partial charge in [0.05, 0.1) is 22.3 Å². The van der Waals surface area contributed by atoms with Crippen LogP contribution in [-0.4, -0.2) is 19.9 Å². The molecule has 0 amide bonds. The Hall–Kier alpha value is -10.7. The van der Waals surface area contributed by atoms with E-state index in [-0.39, 0.29) is 0 Å². The van der Waals surface area contributed by atoms with Crippen molar-refractivity contribution in [3.63, 3.8) is 0 Å². The summed E-state index contributed by atoms with van der Waals surface area (Å²) in [6.45, 7) is 29.8. The highest BCUT2D eigenvalue weighted by Gasteiger charge is 2.26. The van der Waals surface area contributed by atoms with Gasteiger partial charge in [0.25, 0.3) is 0 Å². The van der Waals surface area contributed by atoms with Crippen molar-refractivity contribution in [2.24, 2.45) is 34.1 Å². The Kier molecular flexibility index (Phi) is 18.0. The Morgan fingerprint density at radius 2 is 0.612 bits per heavy atom. The summed E-state index contributed by atoms with van der Waals surface area (Å²) in [4.78, 5) is 18.7. The fourth-order valence-electron chi connectivity index (χ4n) is 13.8. The average Bonchev–Trinajstić information content (AvgIpc) is 1.60. The van der Waals surface area contributed by atoms with Crippen LogP contribution < -0.4 is 18.3 Å². The molecule has 12 aromatic heterocycles. The number of fused-ring (bicyclic) bond motifs is 12. The van der Waals surface area contributed by atoms with Gasteiger partial charge in [0.15, 0.2) is 47.1 Å². The van der Waals surface area contributed by atoms with E-state index in [1.54, 1.807) is 0 Å². The second-order valence-corrected chi connectivity index (χ2v) is 27.6. The van der Waals surface area contributed by atoms with E-state index in [4.69, 9.17) is 27.6 Å². The molecule has 4 aromatic carbocycles. The van der Waals surface area contributed by atoms with Crippen LogP contribution in [0.2, 0.25) is 0 Å². The highest BCUT2D eigenvalue weighted by atomic mass is 16.4. The van der Waals surface area contributed by atoms with Gasteiger partial charge in [-0.1, -0.05) is 83.1 Å². The standard InChI is InChI=1S/C23H25N2O.C22H23N2O.C21H21N2O.C20H19N2O/c1-14(2)12-17-8-10-19-18-9-7-16(4)21(22(18)26-23(19)24-17)20-11-6-15(3)13-25(20)5;1-13(2)18-10-9-17-16-8-7-15(4)20(21(16)25-22(17)23-18)19-11-6-14(3)12-24(19)5;1-5-15-8-10-17-16-9-7-14(3)19(20(16)24-21(17)22-15)18-11-6-13(2)12-23(18)4;1-12-5-10-17(22(4)11-12)18-13(2)6-8-15-16-9-7-14(3)21-20(16)23-19(15)18/h6-11,13-14H,12H2,1-5H3;6-13H,1-5H3;6-12H,5H2,1-4H3;5-11H,1-4H3/q4*+1. The molecule has 16 aromatic rings. The van der Waals surface area contributed by atoms with Crippen molar-refractivity contribution < 1.29 is 35.9 Å². The maximum absolute atomic E-state index is 6.30. The Labute approximate surface area is 573 Å². The van der Waals surface area contributed by atoms with Crippen LogP contribution >= 0.6 is 0 Å². The molecule has 0 aliphatic heterocycles. The summed E-state index contributed by atoms with van der Waals surface area (Å²) in [5.74, 6) is 0.961. The summed E-state index contributed by atoms with van der Waals surface area (Å²) in [6, 6.07) is 51.3. The van der Waals surface area contributed by atoms with Crippen molar-refractivity contribution in [1.82, 2.24) is 19.9 Å². The highest BCUT2D eigenvalue weighted by molar-refractivity contribution is 6.12. The molecule has 0 bridgehead atoms. The van der Waals surface area contributed by atoms with Gasteiger partial charge in [-0.05, 0) is 182 Å². The topological polar surface area (TPSA) is 120 Å². The molecule has 492 valence electrons. The number of hydrogen-bond acceptors (Lipinski definition) is 8. The first-order valence-electron chi connectivity index (χ1n) is 34.1. The molecule has 0 N–H and O–H groups in total. The molecule has 0 radical (unpaired) electrons. The molecule has 0 saturated heterocycles. The lowest BCUT2D eigenvalue weighted by Gasteiger charge is -2.05. The van der Waals surface area contributed by atoms with Crippen LogP contribution in [0, 0.1) is 68.2 Å². The molecule has 16 rings (SSSR count). The zero-order valence-corrected chi connectivity index (χ0v) is 59.9. The van der Waals surface area contributed by atoms with Crippen LogP contribution in [0.3, 0.4) is 0 Å². The predicted octanol–water partition coefficient (Wildman–Crippen LogP) is 19.6. The minimum Gasteiger partial charge on any atom is -0.437 e. The van der Waals surface area contributed by atoms with Gasteiger partial charge in [-0.2, -0.15) is 0 Å². The summed E-state index contributed by atoms with van der Waals surface area (Å²) < 4.78 is 33.6. The third-order valence-electron chi connectivity index (χ3n) is 18.9. The molecule has 0 aliphatic rings. The quantitative estimate of drug-likeness (QED) is 0.138. The van der Waals surface area contributed by atoms with E-state index in [9.17, 15) is 0 Å². The van der Waals surface area contributed by atoms with Gasteiger partial charge in [0.1, 0.15) is 28.2 Å². The molecule has 0 atom stereocenters. The summed E-state index contributed by atoms with van der Waals surface area (Å²) in [5.41, 5.74) is 29.7. The van der Waals surface area contributed by atoms with Crippen molar-refractivity contribution >= 4 is 88.3 Å². The van der Waals surface area contributed by atoms with Crippen LogP contribution in [-0.2, 0) is 41.0 Å². The lowest BCUT2D eigenvalue weighted by Crippen LogP contribution is -2.31. The minimum absolute atomic E-state index is 0.383. The summed E-state index contributed by atoms with van der Waals surface area (Å²) >= 11 is 0. The van der Waals surface area contributed by atoms with E-state index >= 15 is 0 Å². The summed E-state index contributed by atoms with van der Waals surface area (Å²) in [6.07, 6.45) is 10.4. The summed E-state index contributed by atoms with van der Waals surface area (Å²) in [7, 11) is 8.32. The molecular weight excluding hydrogens is 1210 g/mol. The fourth-order valence-corrected chi connectivity index (χ4v) is 13.8. The molecular formula is C86H88N8O4+4. The van der Waals surface area contributed by atoms with E-state index in [1.165, 1.54) is 44.5 Å². The van der Waals surface area contributed by atoms with E-state index in [0.29, 0.717) is 17.5 Å². The van der Waals surface area contributed by atoms with Crippen LogP contribution in [0.15, 0.2) is 188 Å². The Morgan fingerprint density at radius 1 is 0.316 bits per heavy atom. The lowest BCUT2D eigenvalue weighted by atomic mass is 10.0. The van der Waals surface area contributed by atoms with Gasteiger partial charge >= 0.3 is 0 Å². The highest BCUT2D eigenvalue weighted by Crippen LogP contribution is 2.41. The van der Waals surface area contributed by atoms with E-state index in [1.807, 2.05) is 13.0 Å². The van der Waals surface area contributed by atoms with E-state index in [2.05, 4.69) is 311 Å². The van der Waals surface area contributed by atoms with Crippen molar-refractivity contribution in [3.05, 3.63) is 238 Å². The average molecular weight is 1300 g/mol. The SMILES string of the molecule is CCc1ccc2c(n1)oc1c(-c3ccc(C)c[n+]3C)c(C)ccc12.Cc1ccc(-c2c(C)ccc3c2oc2nc(C(C)C)ccc23)[n+](C)c1.Cc1ccc(-c2c(C)ccc3c2oc2nc(C)ccc23)[n+](C)c1.Cc1ccc(-c2c(C)ccc3c2oc2nc(CC(C)C)ccc23)[n+](C)c1. The van der Waals surface area contributed by atoms with Crippen molar-refractivity contribution in [2.75, 3.05) is 0 Å². The normalized spacial score (nSPS) is 11.6. The number of hydrogen-bond donors (Lipinski definition) is 0. The van der Waals surface area contributed by atoms with Crippen LogP contribution in [0.25, 0.3) is 133 Å². The number of furan rings is 4. The molecule has 0 unspecified atom stereocenters. The molecule has 0 spiro atoms. The van der Waals surface area contributed by atoms with Crippen molar-refractivity contribution in [1.29, 1.82) is 0 Å². The monoisotopic (exact) mass is 1300 g/mol. The van der Waals surface area contributed by atoms with Crippen LogP contribution in [0.5, 0.6) is 0 Å². The van der Waals surface area contributed by atoms with Crippen LogP contribution in [0.4, 0.5) is 0 Å². The molecule has 12 heteroatoms. The Balaban J connectivity index is 0.000000118. The van der Waals surface area contributed by atoms with Gasteiger partial charge in [-0.15, -0.1) is 0 Å². The van der Waals surface area contributed by atoms with E-state index in [0.717, 1.165) is 163 Å². The second kappa shape index (κ2) is 26.7. The zero-order chi connectivity index (χ0) is 69.1. The molecule has 0 fully saturated rings. The van der Waals surface area contributed by atoms with Gasteiger partial charge in [-0.3, -0.25) is 0 Å². The molecule has 12 heterocycles. The maximum Gasteiger partial charge on any atom is 0.227 e. The first-order chi connectivity index (χ1) is 47.0. The Bertz CT molecular complexity index is 5780. The summed E-state index contributed by atoms with van der Waals surface area (Å²) in [5, 5.41) is 8.82.